The van der Waals surface area contributed by atoms with Crippen molar-refractivity contribution in [2.75, 3.05) is 19.5 Å². The summed E-state index contributed by atoms with van der Waals surface area (Å²) in [4.78, 5) is 12.9. The molecule has 0 aliphatic heterocycles. The molecule has 2 aromatic carbocycles. The number of hydrogen-bond donors (Lipinski definition) is 2. The Morgan fingerprint density at radius 2 is 1.96 bits per heavy atom. The molecule has 3 rings (SSSR count). The summed E-state index contributed by atoms with van der Waals surface area (Å²) in [5, 5.41) is 16.9. The number of tetrazole rings is 1. The summed E-state index contributed by atoms with van der Waals surface area (Å²) in [6, 6.07) is 13.2. The first-order chi connectivity index (χ1) is 13.1. The minimum atomic E-state index is -0.585. The Bertz CT molecular complexity index is 911. The van der Waals surface area contributed by atoms with E-state index in [0.29, 0.717) is 29.4 Å². The molecule has 1 aromatic heterocycles. The zero-order chi connectivity index (χ0) is 19.2. The molecule has 1 heterocycles. The van der Waals surface area contributed by atoms with Gasteiger partial charge >= 0.3 is 0 Å². The number of H-pyrrole nitrogens is 1. The SMILES string of the molecule is COc1ccc(NC(=O)[C@H](Cc2cccc(C)c2)c2nn[nH]n2)cc1OC. The third-order valence-electron chi connectivity index (χ3n) is 4.16. The van der Waals surface area contributed by atoms with E-state index in [-0.39, 0.29) is 5.91 Å². The summed E-state index contributed by atoms with van der Waals surface area (Å²) in [5.41, 5.74) is 2.74. The third-order valence-corrected chi connectivity index (χ3v) is 4.16. The molecule has 8 nitrogen and oxygen atoms in total. The monoisotopic (exact) mass is 367 g/mol. The number of carbonyl (C=O) groups is 1. The maximum absolute atomic E-state index is 12.9. The van der Waals surface area contributed by atoms with Gasteiger partial charge in [0, 0.05) is 11.8 Å². The number of aromatic amines is 1. The van der Waals surface area contributed by atoms with Crippen molar-refractivity contribution in [1.82, 2.24) is 20.6 Å². The van der Waals surface area contributed by atoms with E-state index in [1.165, 1.54) is 0 Å². The van der Waals surface area contributed by atoms with Gasteiger partial charge in [0.15, 0.2) is 17.3 Å². The van der Waals surface area contributed by atoms with Crippen molar-refractivity contribution in [2.45, 2.75) is 19.3 Å². The second-order valence-electron chi connectivity index (χ2n) is 6.07. The molecule has 1 amide bonds. The Hall–Kier alpha value is -3.42. The van der Waals surface area contributed by atoms with Gasteiger partial charge < -0.3 is 14.8 Å². The second-order valence-corrected chi connectivity index (χ2v) is 6.07. The number of rotatable bonds is 7. The predicted octanol–water partition coefficient (Wildman–Crippen LogP) is 2.49. The van der Waals surface area contributed by atoms with Crippen LogP contribution in [0.1, 0.15) is 22.9 Å². The molecular weight excluding hydrogens is 346 g/mol. The third kappa shape index (κ3) is 4.41. The van der Waals surface area contributed by atoms with E-state index in [9.17, 15) is 4.79 Å². The van der Waals surface area contributed by atoms with E-state index in [1.54, 1.807) is 32.4 Å². The van der Waals surface area contributed by atoms with Crippen LogP contribution in [-0.2, 0) is 11.2 Å². The number of aromatic nitrogens is 4. The average Bonchev–Trinajstić information content (AvgIpc) is 3.20. The van der Waals surface area contributed by atoms with Gasteiger partial charge in [-0.2, -0.15) is 5.21 Å². The van der Waals surface area contributed by atoms with Gasteiger partial charge in [-0.1, -0.05) is 35.0 Å². The normalized spacial score (nSPS) is 11.7. The highest BCUT2D eigenvalue weighted by Gasteiger charge is 2.25. The van der Waals surface area contributed by atoms with Gasteiger partial charge in [-0.3, -0.25) is 4.79 Å². The number of ether oxygens (including phenoxy) is 2. The molecule has 0 saturated heterocycles. The fraction of sp³-hybridized carbons (Fsp3) is 0.263. The molecule has 1 atom stereocenters. The van der Waals surface area contributed by atoms with Crippen LogP contribution in [0.15, 0.2) is 42.5 Å². The van der Waals surface area contributed by atoms with Gasteiger partial charge in [-0.15, -0.1) is 10.2 Å². The molecule has 0 radical (unpaired) electrons. The molecule has 8 heteroatoms. The number of methoxy groups -OCH3 is 2. The maximum atomic E-state index is 12.9. The minimum Gasteiger partial charge on any atom is -0.493 e. The first-order valence-electron chi connectivity index (χ1n) is 8.42. The van der Waals surface area contributed by atoms with E-state index in [2.05, 4.69) is 25.9 Å². The molecule has 0 aliphatic rings. The molecule has 0 bridgehead atoms. The number of benzene rings is 2. The number of nitrogens with one attached hydrogen (secondary N) is 2. The number of aryl methyl sites for hydroxylation is 1. The fourth-order valence-electron chi connectivity index (χ4n) is 2.84. The molecule has 27 heavy (non-hydrogen) atoms. The average molecular weight is 367 g/mol. The van der Waals surface area contributed by atoms with Crippen molar-refractivity contribution in [3.8, 4) is 11.5 Å². The second kappa shape index (κ2) is 8.31. The summed E-state index contributed by atoms with van der Waals surface area (Å²) in [7, 11) is 3.10. The lowest BCUT2D eigenvalue weighted by atomic mass is 9.96. The largest absolute Gasteiger partial charge is 0.493 e. The minimum absolute atomic E-state index is 0.231. The van der Waals surface area contributed by atoms with Gasteiger partial charge in [-0.25, -0.2) is 0 Å². The lowest BCUT2D eigenvalue weighted by molar-refractivity contribution is -0.117. The van der Waals surface area contributed by atoms with Gasteiger partial charge in [-0.05, 0) is 31.0 Å². The van der Waals surface area contributed by atoms with Gasteiger partial charge in [0.2, 0.25) is 5.91 Å². The van der Waals surface area contributed by atoms with Crippen LogP contribution in [-0.4, -0.2) is 40.8 Å². The highest BCUT2D eigenvalue weighted by Crippen LogP contribution is 2.30. The van der Waals surface area contributed by atoms with Crippen LogP contribution in [0.3, 0.4) is 0 Å². The maximum Gasteiger partial charge on any atom is 0.235 e. The lowest BCUT2D eigenvalue weighted by Gasteiger charge is -2.15. The highest BCUT2D eigenvalue weighted by molar-refractivity contribution is 5.95. The molecule has 0 spiro atoms. The van der Waals surface area contributed by atoms with E-state index in [0.717, 1.165) is 11.1 Å². The Balaban J connectivity index is 1.83. The van der Waals surface area contributed by atoms with Gasteiger partial charge in [0.1, 0.15) is 5.92 Å². The summed E-state index contributed by atoms with van der Waals surface area (Å²) < 4.78 is 10.5. The van der Waals surface area contributed by atoms with Crippen molar-refractivity contribution < 1.29 is 14.3 Å². The summed E-state index contributed by atoms with van der Waals surface area (Å²) in [6.45, 7) is 2.01. The summed E-state index contributed by atoms with van der Waals surface area (Å²) in [6.07, 6.45) is 0.459. The lowest BCUT2D eigenvalue weighted by Crippen LogP contribution is -2.24. The molecule has 0 fully saturated rings. The van der Waals surface area contributed by atoms with Crippen molar-refractivity contribution in [3.05, 3.63) is 59.4 Å². The fourth-order valence-corrected chi connectivity index (χ4v) is 2.84. The molecule has 3 aromatic rings. The van der Waals surface area contributed by atoms with Crippen LogP contribution >= 0.6 is 0 Å². The topological polar surface area (TPSA) is 102 Å². The molecule has 0 saturated carbocycles. The summed E-state index contributed by atoms with van der Waals surface area (Å²) >= 11 is 0. The number of nitrogens with zero attached hydrogens (tertiary/aromatic N) is 3. The van der Waals surface area contributed by atoms with Crippen molar-refractivity contribution in [2.24, 2.45) is 0 Å². The van der Waals surface area contributed by atoms with Gasteiger partial charge in [0.05, 0.1) is 14.2 Å². The van der Waals surface area contributed by atoms with Crippen LogP contribution in [0.4, 0.5) is 5.69 Å². The van der Waals surface area contributed by atoms with Crippen molar-refractivity contribution in [3.63, 3.8) is 0 Å². The number of hydrogen-bond acceptors (Lipinski definition) is 6. The molecule has 2 N–H and O–H groups in total. The molecular formula is C19H21N5O3. The van der Waals surface area contributed by atoms with Crippen LogP contribution in [0.2, 0.25) is 0 Å². The summed E-state index contributed by atoms with van der Waals surface area (Å²) in [5.74, 6) is 0.647. The van der Waals surface area contributed by atoms with E-state index in [4.69, 9.17) is 9.47 Å². The van der Waals surface area contributed by atoms with Crippen LogP contribution < -0.4 is 14.8 Å². The first kappa shape index (κ1) is 18.4. The molecule has 0 aliphatic carbocycles. The Morgan fingerprint density at radius 1 is 1.15 bits per heavy atom. The zero-order valence-electron chi connectivity index (χ0n) is 15.4. The van der Waals surface area contributed by atoms with Crippen molar-refractivity contribution in [1.29, 1.82) is 0 Å². The molecule has 0 unspecified atom stereocenters. The predicted molar refractivity (Wildman–Crippen MR) is 100.0 cm³/mol. The number of carbonyl (C=O) groups excluding carboxylic acids is 1. The highest BCUT2D eigenvalue weighted by atomic mass is 16.5. The van der Waals surface area contributed by atoms with Gasteiger partial charge in [0.25, 0.3) is 0 Å². The zero-order valence-corrected chi connectivity index (χ0v) is 15.4. The quantitative estimate of drug-likeness (QED) is 0.665. The Kier molecular flexibility index (Phi) is 5.65. The first-order valence-corrected chi connectivity index (χ1v) is 8.42. The van der Waals surface area contributed by atoms with E-state index >= 15 is 0 Å². The smallest absolute Gasteiger partial charge is 0.235 e. The molecule has 140 valence electrons. The van der Waals surface area contributed by atoms with E-state index in [1.807, 2.05) is 31.2 Å². The Morgan fingerprint density at radius 3 is 2.63 bits per heavy atom. The van der Waals surface area contributed by atoms with E-state index < -0.39 is 5.92 Å². The van der Waals surface area contributed by atoms with Crippen molar-refractivity contribution >= 4 is 11.6 Å². The van der Waals surface area contributed by atoms with Crippen LogP contribution in [0.25, 0.3) is 0 Å². The number of anilines is 1. The standard InChI is InChI=1S/C19H21N5O3/c1-12-5-4-6-13(9-12)10-15(18-21-23-24-22-18)19(25)20-14-7-8-16(26-2)17(11-14)27-3/h4-9,11,15H,10H2,1-3H3,(H,20,25)(H,21,22,23,24)/t15-/m1/s1. The number of amides is 1. The Labute approximate surface area is 156 Å². The van der Waals surface area contributed by atoms with Crippen LogP contribution in [0.5, 0.6) is 11.5 Å². The van der Waals surface area contributed by atoms with Crippen LogP contribution in [0, 0.1) is 6.92 Å².